The normalized spacial score (nSPS) is 12.6. The lowest BCUT2D eigenvalue weighted by Crippen LogP contribution is -2.32. The fourth-order valence-electron chi connectivity index (χ4n) is 3.13. The number of nitrogens with two attached hydrogens (primary N) is 1. The Bertz CT molecular complexity index is 1330. The molecule has 0 aliphatic rings. The van der Waals surface area contributed by atoms with E-state index in [1.165, 1.54) is 23.0 Å². The van der Waals surface area contributed by atoms with Crippen LogP contribution in [0.5, 0.6) is 11.5 Å². The maximum Gasteiger partial charge on any atom is 0.257 e. The predicted octanol–water partition coefficient (Wildman–Crippen LogP) is 2.99. The Morgan fingerprint density at radius 3 is 2.58 bits per heavy atom. The number of nitrogens with zero attached hydrogens (tertiary/aromatic N) is 4. The van der Waals surface area contributed by atoms with Crippen molar-refractivity contribution in [3.05, 3.63) is 53.6 Å². The Morgan fingerprint density at radius 2 is 1.90 bits per heavy atom. The molecular formula is C22H22N6O3. The number of hydrogen-bond donors (Lipinski definition) is 4. The summed E-state index contributed by atoms with van der Waals surface area (Å²) in [6, 6.07) is 11.6. The molecule has 158 valence electrons. The van der Waals surface area contributed by atoms with Crippen molar-refractivity contribution in [2.45, 2.75) is 26.3 Å². The highest BCUT2D eigenvalue weighted by atomic mass is 16.3. The highest BCUT2D eigenvalue weighted by molar-refractivity contribution is 6.10. The number of phenols is 2. The molecule has 0 radical (unpaired) electrons. The molecule has 5 N–H and O–H groups in total. The molecule has 4 rings (SSSR count). The summed E-state index contributed by atoms with van der Waals surface area (Å²) in [5.41, 5.74) is 9.03. The van der Waals surface area contributed by atoms with Crippen LogP contribution in [0.1, 0.15) is 36.2 Å². The van der Waals surface area contributed by atoms with Gasteiger partial charge in [0.2, 0.25) is 0 Å². The lowest BCUT2D eigenvalue weighted by atomic mass is 10.2. The van der Waals surface area contributed by atoms with Gasteiger partial charge >= 0.3 is 0 Å². The highest BCUT2D eigenvalue weighted by Gasteiger charge is 2.24. The van der Waals surface area contributed by atoms with E-state index >= 15 is 0 Å². The maximum absolute atomic E-state index is 13.0. The molecule has 0 fully saturated rings. The minimum absolute atomic E-state index is 0.0396. The largest absolute Gasteiger partial charge is 0.504 e. The molecule has 0 spiro atoms. The van der Waals surface area contributed by atoms with Crippen LogP contribution in [0, 0.1) is 0 Å². The molecule has 0 saturated heterocycles. The second kappa shape index (κ2) is 7.94. The topological polar surface area (TPSA) is 139 Å². The number of hydrogen-bond acceptors (Lipinski definition) is 7. The predicted molar refractivity (Wildman–Crippen MR) is 119 cm³/mol. The van der Waals surface area contributed by atoms with E-state index in [1.807, 2.05) is 38.1 Å². The van der Waals surface area contributed by atoms with Crippen LogP contribution >= 0.6 is 0 Å². The van der Waals surface area contributed by atoms with Gasteiger partial charge in [-0.2, -0.15) is 9.78 Å². The van der Waals surface area contributed by atoms with Crippen LogP contribution in [0.3, 0.4) is 0 Å². The molecule has 9 heteroatoms. The van der Waals surface area contributed by atoms with Crippen LogP contribution in [0.25, 0.3) is 22.2 Å². The highest BCUT2D eigenvalue weighted by Crippen LogP contribution is 2.28. The van der Waals surface area contributed by atoms with Gasteiger partial charge in [0, 0.05) is 6.04 Å². The molecule has 0 saturated carbocycles. The molecule has 2 aromatic carbocycles. The fraction of sp³-hybridized carbons (Fsp3) is 0.182. The summed E-state index contributed by atoms with van der Waals surface area (Å²) < 4.78 is 1.35. The first kappa shape index (κ1) is 20.1. The van der Waals surface area contributed by atoms with Crippen LogP contribution in [0.2, 0.25) is 0 Å². The number of para-hydroxylation sites is 2. The van der Waals surface area contributed by atoms with Gasteiger partial charge in [0.05, 0.1) is 17.2 Å². The van der Waals surface area contributed by atoms with Crippen molar-refractivity contribution < 1.29 is 15.0 Å². The Labute approximate surface area is 177 Å². The van der Waals surface area contributed by atoms with Gasteiger partial charge in [0.25, 0.3) is 5.91 Å². The fourth-order valence-corrected chi connectivity index (χ4v) is 3.13. The Balaban J connectivity index is 1.90. The molecule has 31 heavy (non-hydrogen) atoms. The van der Waals surface area contributed by atoms with Gasteiger partial charge in [-0.15, -0.1) is 0 Å². The third-order valence-electron chi connectivity index (χ3n) is 5.01. The zero-order chi connectivity index (χ0) is 22.1. The van der Waals surface area contributed by atoms with Crippen LogP contribution in [0.15, 0.2) is 47.6 Å². The average molecular weight is 418 g/mol. The standard InChI is InChI=1S/C22H22N6O3/c1-3-12(2)25-22(31)18-19-21(27-15-7-5-4-6-14(15)26-19)28(20(18)23)24-11-13-8-9-16(29)17(30)10-13/h4-12,29-30H,3,23H2,1-2H3,(H,25,31)/t12-/m0/s1. The van der Waals surface area contributed by atoms with E-state index in [0.29, 0.717) is 27.8 Å². The van der Waals surface area contributed by atoms with E-state index in [0.717, 1.165) is 6.42 Å². The van der Waals surface area contributed by atoms with Gasteiger partial charge in [-0.1, -0.05) is 19.1 Å². The molecule has 2 aromatic heterocycles. The Kier molecular flexibility index (Phi) is 5.16. The maximum atomic E-state index is 13.0. The van der Waals surface area contributed by atoms with E-state index < -0.39 is 0 Å². The molecule has 2 heterocycles. The van der Waals surface area contributed by atoms with Gasteiger partial charge in [0.1, 0.15) is 16.9 Å². The molecule has 0 aliphatic carbocycles. The number of rotatable bonds is 5. The first-order chi connectivity index (χ1) is 14.9. The van der Waals surface area contributed by atoms with E-state index in [4.69, 9.17) is 5.73 Å². The van der Waals surface area contributed by atoms with E-state index in [-0.39, 0.29) is 34.8 Å². The summed E-state index contributed by atoms with van der Waals surface area (Å²) in [6.07, 6.45) is 2.21. The number of benzene rings is 2. The van der Waals surface area contributed by atoms with Gasteiger partial charge in [-0.3, -0.25) is 4.79 Å². The number of phenolic OH excluding ortho intramolecular Hbond substituents is 2. The smallest absolute Gasteiger partial charge is 0.257 e. The first-order valence-electron chi connectivity index (χ1n) is 9.83. The summed E-state index contributed by atoms with van der Waals surface area (Å²) in [6.45, 7) is 3.88. The van der Waals surface area contributed by atoms with Crippen LogP contribution in [0.4, 0.5) is 5.82 Å². The number of amides is 1. The van der Waals surface area contributed by atoms with Crippen molar-refractivity contribution in [2.75, 3.05) is 5.73 Å². The van der Waals surface area contributed by atoms with Gasteiger partial charge in [-0.05, 0) is 49.2 Å². The molecule has 1 atom stereocenters. The first-order valence-corrected chi connectivity index (χ1v) is 9.83. The lowest BCUT2D eigenvalue weighted by molar-refractivity contribution is 0.0941. The third kappa shape index (κ3) is 3.73. The van der Waals surface area contributed by atoms with Crippen LogP contribution < -0.4 is 11.1 Å². The molecule has 0 unspecified atom stereocenters. The average Bonchev–Trinajstić information content (AvgIpc) is 3.03. The third-order valence-corrected chi connectivity index (χ3v) is 5.01. The number of aromatic hydroxyl groups is 2. The summed E-state index contributed by atoms with van der Waals surface area (Å²) in [4.78, 5) is 22.2. The summed E-state index contributed by atoms with van der Waals surface area (Å²) in [5, 5.41) is 26.5. The van der Waals surface area contributed by atoms with Crippen molar-refractivity contribution >= 4 is 40.1 Å². The number of carbonyl (C=O) groups is 1. The Hall–Kier alpha value is -4.14. The van der Waals surface area contributed by atoms with Crippen molar-refractivity contribution in [2.24, 2.45) is 5.10 Å². The van der Waals surface area contributed by atoms with E-state index in [2.05, 4.69) is 20.4 Å². The van der Waals surface area contributed by atoms with E-state index in [1.54, 1.807) is 6.07 Å². The summed E-state index contributed by atoms with van der Waals surface area (Å²) >= 11 is 0. The number of fused-ring (bicyclic) bond motifs is 2. The van der Waals surface area contributed by atoms with Gasteiger partial charge in [0.15, 0.2) is 17.1 Å². The minimum atomic E-state index is -0.349. The molecule has 0 bridgehead atoms. The van der Waals surface area contributed by atoms with Crippen molar-refractivity contribution in [3.63, 3.8) is 0 Å². The quantitative estimate of drug-likeness (QED) is 0.290. The second-order valence-electron chi connectivity index (χ2n) is 7.23. The van der Waals surface area contributed by atoms with Crippen LogP contribution in [-0.4, -0.2) is 43.0 Å². The molecule has 1 amide bonds. The number of nitrogen functional groups attached to an aromatic ring is 1. The number of aromatic nitrogens is 3. The lowest BCUT2D eigenvalue weighted by Gasteiger charge is -2.11. The minimum Gasteiger partial charge on any atom is -0.504 e. The molecule has 0 aliphatic heterocycles. The number of nitrogens with one attached hydrogen (secondary N) is 1. The second-order valence-corrected chi connectivity index (χ2v) is 7.23. The zero-order valence-electron chi connectivity index (χ0n) is 17.1. The van der Waals surface area contributed by atoms with Crippen molar-refractivity contribution in [1.82, 2.24) is 20.0 Å². The SMILES string of the molecule is CC[C@H](C)NC(=O)c1c(N)n(N=Cc2ccc(O)c(O)c2)c2nc3ccccc3nc12. The number of anilines is 1. The molecular weight excluding hydrogens is 396 g/mol. The molecule has 4 aromatic rings. The van der Waals surface area contributed by atoms with E-state index in [9.17, 15) is 15.0 Å². The van der Waals surface area contributed by atoms with Gasteiger partial charge < -0.3 is 21.3 Å². The van der Waals surface area contributed by atoms with Crippen molar-refractivity contribution in [1.29, 1.82) is 0 Å². The van der Waals surface area contributed by atoms with Crippen LogP contribution in [-0.2, 0) is 0 Å². The Morgan fingerprint density at radius 1 is 1.19 bits per heavy atom. The summed E-state index contributed by atoms with van der Waals surface area (Å²) in [7, 11) is 0. The summed E-state index contributed by atoms with van der Waals surface area (Å²) in [5.74, 6) is -0.749. The zero-order valence-corrected chi connectivity index (χ0v) is 17.1. The monoisotopic (exact) mass is 418 g/mol. The van der Waals surface area contributed by atoms with Crippen molar-refractivity contribution in [3.8, 4) is 11.5 Å². The molecule has 9 nitrogen and oxygen atoms in total. The van der Waals surface area contributed by atoms with Gasteiger partial charge in [-0.25, -0.2) is 9.97 Å². The number of carbonyl (C=O) groups excluding carboxylic acids is 1.